The number of hydrogen-bond acceptors (Lipinski definition) is 4. The van der Waals surface area contributed by atoms with Gasteiger partial charge in [0, 0.05) is 25.4 Å². The Balaban J connectivity index is 1.96. The van der Waals surface area contributed by atoms with Crippen LogP contribution in [0.1, 0.15) is 12.2 Å². The van der Waals surface area contributed by atoms with Crippen LogP contribution in [-0.4, -0.2) is 32.0 Å². The van der Waals surface area contributed by atoms with Crippen molar-refractivity contribution in [3.63, 3.8) is 0 Å². The van der Waals surface area contributed by atoms with Crippen LogP contribution < -0.4 is 10.0 Å². The zero-order valence-electron chi connectivity index (χ0n) is 11.3. The normalized spacial score (nSPS) is 11.4. The van der Waals surface area contributed by atoms with Gasteiger partial charge in [-0.25, -0.2) is 18.1 Å². The van der Waals surface area contributed by atoms with E-state index in [2.05, 4.69) is 20.0 Å². The van der Waals surface area contributed by atoms with E-state index < -0.39 is 10.0 Å². The summed E-state index contributed by atoms with van der Waals surface area (Å²) in [6, 6.07) is 6.86. The smallest absolute Gasteiger partial charge is 0.242 e. The number of para-hydroxylation sites is 1. The molecule has 6 nitrogen and oxygen atoms in total. The monoisotopic (exact) mass is 294 g/mol. The number of imidazole rings is 1. The second kappa shape index (κ2) is 6.53. The quantitative estimate of drug-likeness (QED) is 0.673. The molecule has 7 heteroatoms. The molecule has 1 aromatic heterocycles. The first-order valence-electron chi connectivity index (χ1n) is 6.38. The topological polar surface area (TPSA) is 86.9 Å². The first-order valence-corrected chi connectivity index (χ1v) is 7.86. The molecule has 0 amide bonds. The SMILES string of the molecule is CNS(=O)(=O)c1ccccc1NCCCc1ncc[nH]1. The fourth-order valence-electron chi connectivity index (χ4n) is 1.87. The van der Waals surface area contributed by atoms with Gasteiger partial charge in [0.15, 0.2) is 0 Å². The van der Waals surface area contributed by atoms with Gasteiger partial charge in [0.05, 0.1) is 5.69 Å². The lowest BCUT2D eigenvalue weighted by Gasteiger charge is -2.11. The number of nitrogens with zero attached hydrogens (tertiary/aromatic N) is 1. The summed E-state index contributed by atoms with van der Waals surface area (Å²) in [5.74, 6) is 0.933. The molecule has 2 aromatic rings. The summed E-state index contributed by atoms with van der Waals surface area (Å²) >= 11 is 0. The molecule has 0 unspecified atom stereocenters. The second-order valence-corrected chi connectivity index (χ2v) is 6.12. The van der Waals surface area contributed by atoms with Gasteiger partial charge in [-0.1, -0.05) is 12.1 Å². The lowest BCUT2D eigenvalue weighted by molar-refractivity contribution is 0.588. The largest absolute Gasteiger partial charge is 0.384 e. The van der Waals surface area contributed by atoms with E-state index in [-0.39, 0.29) is 4.90 Å². The molecule has 0 bridgehead atoms. The summed E-state index contributed by atoms with van der Waals surface area (Å²) in [6.07, 6.45) is 5.19. The zero-order valence-corrected chi connectivity index (χ0v) is 12.1. The van der Waals surface area contributed by atoms with Crippen LogP contribution in [0.25, 0.3) is 0 Å². The minimum absolute atomic E-state index is 0.264. The average molecular weight is 294 g/mol. The summed E-state index contributed by atoms with van der Waals surface area (Å²) < 4.78 is 26.1. The maximum absolute atomic E-state index is 11.9. The molecular weight excluding hydrogens is 276 g/mol. The van der Waals surface area contributed by atoms with Crippen molar-refractivity contribution in [1.82, 2.24) is 14.7 Å². The lowest BCUT2D eigenvalue weighted by Crippen LogP contribution is -2.20. The van der Waals surface area contributed by atoms with E-state index in [0.717, 1.165) is 18.7 Å². The lowest BCUT2D eigenvalue weighted by atomic mass is 10.2. The molecule has 0 aliphatic carbocycles. The number of nitrogens with one attached hydrogen (secondary N) is 3. The van der Waals surface area contributed by atoms with E-state index in [1.54, 1.807) is 30.6 Å². The van der Waals surface area contributed by atoms with Gasteiger partial charge < -0.3 is 10.3 Å². The van der Waals surface area contributed by atoms with E-state index in [1.165, 1.54) is 7.05 Å². The second-order valence-electron chi connectivity index (χ2n) is 4.27. The van der Waals surface area contributed by atoms with Crippen LogP contribution >= 0.6 is 0 Å². The van der Waals surface area contributed by atoms with Crippen LogP contribution in [-0.2, 0) is 16.4 Å². The number of benzene rings is 1. The summed E-state index contributed by atoms with van der Waals surface area (Å²) in [5, 5.41) is 3.16. The molecular formula is C13H18N4O2S. The minimum atomic E-state index is -3.44. The van der Waals surface area contributed by atoms with Crippen LogP contribution in [0.4, 0.5) is 5.69 Å². The molecule has 1 heterocycles. The van der Waals surface area contributed by atoms with Gasteiger partial charge in [0.2, 0.25) is 10.0 Å². The Morgan fingerprint density at radius 3 is 2.80 bits per heavy atom. The van der Waals surface area contributed by atoms with Gasteiger partial charge in [-0.2, -0.15) is 0 Å². The molecule has 0 saturated heterocycles. The number of H-pyrrole nitrogens is 1. The molecule has 0 fully saturated rings. The molecule has 0 atom stereocenters. The van der Waals surface area contributed by atoms with Crippen LogP contribution in [0, 0.1) is 0 Å². The summed E-state index contributed by atoms with van der Waals surface area (Å²) in [5.41, 5.74) is 0.612. The molecule has 20 heavy (non-hydrogen) atoms. The molecule has 0 radical (unpaired) electrons. The maximum Gasteiger partial charge on any atom is 0.242 e. The Morgan fingerprint density at radius 1 is 1.30 bits per heavy atom. The fourth-order valence-corrected chi connectivity index (χ4v) is 2.78. The number of anilines is 1. The van der Waals surface area contributed by atoms with Crippen molar-refractivity contribution in [2.45, 2.75) is 17.7 Å². The van der Waals surface area contributed by atoms with Crippen LogP contribution in [0.3, 0.4) is 0 Å². The van der Waals surface area contributed by atoms with Crippen molar-refractivity contribution in [2.24, 2.45) is 0 Å². The molecule has 0 spiro atoms. The highest BCUT2D eigenvalue weighted by molar-refractivity contribution is 7.89. The van der Waals surface area contributed by atoms with Crippen LogP contribution in [0.5, 0.6) is 0 Å². The highest BCUT2D eigenvalue weighted by atomic mass is 32.2. The molecule has 0 saturated carbocycles. The van der Waals surface area contributed by atoms with Gasteiger partial charge in [-0.3, -0.25) is 0 Å². The average Bonchev–Trinajstić information content (AvgIpc) is 2.97. The molecule has 0 aliphatic rings. The van der Waals surface area contributed by atoms with Crippen LogP contribution in [0.15, 0.2) is 41.6 Å². The number of aromatic amines is 1. The molecule has 108 valence electrons. The zero-order chi connectivity index (χ0) is 14.4. The summed E-state index contributed by atoms with van der Waals surface area (Å²) in [6.45, 7) is 0.678. The fraction of sp³-hybridized carbons (Fsp3) is 0.308. The van der Waals surface area contributed by atoms with Crippen molar-refractivity contribution >= 4 is 15.7 Å². The highest BCUT2D eigenvalue weighted by Gasteiger charge is 2.15. The van der Waals surface area contributed by atoms with E-state index >= 15 is 0 Å². The Labute approximate surface area is 118 Å². The van der Waals surface area contributed by atoms with Crippen molar-refractivity contribution in [3.05, 3.63) is 42.5 Å². The van der Waals surface area contributed by atoms with Gasteiger partial charge in [-0.05, 0) is 25.6 Å². The van der Waals surface area contributed by atoms with E-state index in [0.29, 0.717) is 12.2 Å². The van der Waals surface area contributed by atoms with Gasteiger partial charge in [-0.15, -0.1) is 0 Å². The standard InChI is InChI=1S/C13H18N4O2S/c1-14-20(18,19)12-6-3-2-5-11(12)15-8-4-7-13-16-9-10-17-13/h2-3,5-6,9-10,14-15H,4,7-8H2,1H3,(H,16,17). The predicted octanol–water partition coefficient (Wildman–Crippen LogP) is 1.36. The van der Waals surface area contributed by atoms with Gasteiger partial charge in [0.1, 0.15) is 10.7 Å². The Morgan fingerprint density at radius 2 is 2.10 bits per heavy atom. The Kier molecular flexibility index (Phi) is 4.75. The Hall–Kier alpha value is -1.86. The predicted molar refractivity (Wildman–Crippen MR) is 78.1 cm³/mol. The first kappa shape index (κ1) is 14.5. The van der Waals surface area contributed by atoms with Crippen molar-refractivity contribution in [1.29, 1.82) is 0 Å². The highest BCUT2D eigenvalue weighted by Crippen LogP contribution is 2.20. The third-order valence-electron chi connectivity index (χ3n) is 2.91. The minimum Gasteiger partial charge on any atom is -0.384 e. The van der Waals surface area contributed by atoms with Gasteiger partial charge >= 0.3 is 0 Å². The summed E-state index contributed by atoms with van der Waals surface area (Å²) in [4.78, 5) is 7.44. The molecule has 0 aliphatic heterocycles. The third kappa shape index (κ3) is 3.58. The number of rotatable bonds is 7. The van der Waals surface area contributed by atoms with Crippen molar-refractivity contribution < 1.29 is 8.42 Å². The maximum atomic E-state index is 11.9. The first-order chi connectivity index (χ1) is 9.63. The summed E-state index contributed by atoms with van der Waals surface area (Å²) in [7, 11) is -2.03. The number of aromatic nitrogens is 2. The van der Waals surface area contributed by atoms with E-state index in [4.69, 9.17) is 0 Å². The van der Waals surface area contributed by atoms with Gasteiger partial charge in [0.25, 0.3) is 0 Å². The Bertz CT molecular complexity index is 638. The number of sulfonamides is 1. The van der Waals surface area contributed by atoms with Crippen LogP contribution in [0.2, 0.25) is 0 Å². The van der Waals surface area contributed by atoms with Crippen molar-refractivity contribution in [3.8, 4) is 0 Å². The molecule has 3 N–H and O–H groups in total. The van der Waals surface area contributed by atoms with E-state index in [1.807, 2.05) is 6.07 Å². The number of hydrogen-bond donors (Lipinski definition) is 3. The number of aryl methyl sites for hydroxylation is 1. The van der Waals surface area contributed by atoms with E-state index in [9.17, 15) is 8.42 Å². The van der Waals surface area contributed by atoms with Crippen molar-refractivity contribution in [2.75, 3.05) is 18.9 Å². The molecule has 2 rings (SSSR count). The molecule has 1 aromatic carbocycles. The third-order valence-corrected chi connectivity index (χ3v) is 4.38.